The van der Waals surface area contributed by atoms with E-state index in [1.54, 1.807) is 0 Å². The molecule has 0 unspecified atom stereocenters. The van der Waals surface area contributed by atoms with Gasteiger partial charge in [0.25, 0.3) is 0 Å². The van der Waals surface area contributed by atoms with Gasteiger partial charge in [0.1, 0.15) is 0 Å². The van der Waals surface area contributed by atoms with Crippen molar-refractivity contribution in [1.82, 2.24) is 0 Å². The molecule has 0 rings (SSSR count). The van der Waals surface area contributed by atoms with Crippen LogP contribution < -0.4 is 0 Å². The Kier molecular flexibility index (Phi) is 47.8. The third-order valence-electron chi connectivity index (χ3n) is 3.99. The van der Waals surface area contributed by atoms with Crippen LogP contribution in [0.5, 0.6) is 0 Å². The summed E-state index contributed by atoms with van der Waals surface area (Å²) in [6.45, 7) is 2.27. The van der Waals surface area contributed by atoms with Gasteiger partial charge in [-0.25, -0.2) is 0 Å². The molecule has 0 saturated carbocycles. The third-order valence-corrected chi connectivity index (χ3v) is 3.99. The van der Waals surface area contributed by atoms with E-state index in [2.05, 4.69) is 44.7 Å². The van der Waals surface area contributed by atoms with Gasteiger partial charge in [-0.05, 0) is 6.42 Å². The average Bonchev–Trinajstić information content (AvgIpc) is 2.61. The van der Waals surface area contributed by atoms with Crippen LogP contribution in [0.2, 0.25) is 0 Å². The number of carbonyl (C=O) groups is 1. The van der Waals surface area contributed by atoms with Crippen molar-refractivity contribution in [3.63, 3.8) is 0 Å². The number of thiol groups is 2. The van der Waals surface area contributed by atoms with Crippen LogP contribution in [-0.2, 0) is 24.3 Å². The number of hydrogen-bond donors (Lipinski definition) is 3. The van der Waals surface area contributed by atoms with Crippen LogP contribution in [0.25, 0.3) is 0 Å². The second kappa shape index (κ2) is 35.8. The molecule has 0 heterocycles. The van der Waals surface area contributed by atoms with Gasteiger partial charge < -0.3 is 30.4 Å². The van der Waals surface area contributed by atoms with Crippen molar-refractivity contribution in [2.45, 2.75) is 110 Å². The average molecular weight is 444 g/mol. The monoisotopic (exact) mass is 442 g/mol. The number of carboxylic acid groups (broad SMARTS) is 1. The molecule has 0 aliphatic rings. The first-order chi connectivity index (χ1) is 11.8. The van der Waals surface area contributed by atoms with Gasteiger partial charge in [0.05, 0.1) is 0 Å². The van der Waals surface area contributed by atoms with E-state index in [0.717, 1.165) is 12.8 Å². The zero-order valence-electron chi connectivity index (χ0n) is 16.7. The van der Waals surface area contributed by atoms with Gasteiger partial charge in [0, 0.05) is 6.42 Å². The number of unbranched alkanes of at least 4 members (excludes halogenated alkanes) is 14. The molecule has 0 saturated heterocycles. The van der Waals surface area contributed by atoms with Gasteiger partial charge in [0.2, 0.25) is 0 Å². The Morgan fingerprint density at radius 2 is 0.880 bits per heavy atom. The molecule has 0 amide bonds. The van der Waals surface area contributed by atoms with Crippen molar-refractivity contribution in [2.24, 2.45) is 0 Å². The zero-order valence-corrected chi connectivity index (χ0v) is 21.4. The molecule has 0 radical (unpaired) electrons. The molecule has 148 valence electrons. The minimum Gasteiger partial charge on any atom is -0.481 e. The summed E-state index contributed by atoms with van der Waals surface area (Å²) < 4.78 is 0. The molecular formula is C20H42O2S2Zn. The fourth-order valence-electron chi connectivity index (χ4n) is 2.65. The van der Waals surface area contributed by atoms with Crippen LogP contribution in [0.1, 0.15) is 110 Å². The molecular weight excluding hydrogens is 402 g/mol. The molecule has 0 fully saturated rings. The zero-order chi connectivity index (χ0) is 18.9. The fraction of sp³-hybridized carbons (Fsp3) is 0.850. The maximum Gasteiger partial charge on any atom is 2.00 e. The Morgan fingerprint density at radius 1 is 0.640 bits per heavy atom. The minimum absolute atomic E-state index is 0. The van der Waals surface area contributed by atoms with Crippen LogP contribution in [-0.4, -0.2) is 11.1 Å². The number of aliphatic carboxylic acids is 1. The van der Waals surface area contributed by atoms with Gasteiger partial charge in [0.15, 0.2) is 0 Å². The number of hydrogen-bond acceptors (Lipinski definition) is 3. The fourth-order valence-corrected chi connectivity index (χ4v) is 2.65. The summed E-state index contributed by atoms with van der Waals surface area (Å²) in [7, 11) is 0. The largest absolute Gasteiger partial charge is 2.00 e. The van der Waals surface area contributed by atoms with Crippen LogP contribution >= 0.6 is 25.3 Å². The molecule has 0 atom stereocenters. The first-order valence-corrected chi connectivity index (χ1v) is 10.9. The summed E-state index contributed by atoms with van der Waals surface area (Å²) in [5, 5.41) is 8.52. The molecule has 0 bridgehead atoms. The van der Waals surface area contributed by atoms with Gasteiger partial charge in [-0.15, -0.1) is 0 Å². The van der Waals surface area contributed by atoms with Crippen molar-refractivity contribution in [2.75, 3.05) is 0 Å². The third kappa shape index (κ3) is 40.7. The van der Waals surface area contributed by atoms with Crippen LogP contribution in [0.4, 0.5) is 0 Å². The summed E-state index contributed by atoms with van der Waals surface area (Å²) in [4.78, 5) is 10.3. The Hall–Kier alpha value is 0.793. The Bertz CT molecular complexity index is 218. The maximum atomic E-state index is 10.3. The summed E-state index contributed by atoms with van der Waals surface area (Å²) >= 11 is 6.56. The number of carboxylic acids is 1. The van der Waals surface area contributed by atoms with Crippen molar-refractivity contribution in [3.05, 3.63) is 12.5 Å². The molecule has 0 aliphatic heterocycles. The van der Waals surface area contributed by atoms with Crippen LogP contribution in [0.3, 0.4) is 0 Å². The first-order valence-electron chi connectivity index (χ1n) is 9.62. The second-order valence-electron chi connectivity index (χ2n) is 6.09. The normalized spacial score (nSPS) is 9.16. The SMILES string of the molecule is CCCCCCCCCCCCCCCCCC(=O)O.[CH2-]S.[CH2-]S.[Zn+2]. The second-order valence-corrected chi connectivity index (χ2v) is 6.09. The molecule has 0 aliphatic carbocycles. The molecule has 0 aromatic heterocycles. The van der Waals surface area contributed by atoms with Crippen molar-refractivity contribution >= 4 is 31.2 Å². The predicted molar refractivity (Wildman–Crippen MR) is 116 cm³/mol. The first kappa shape index (κ1) is 33.4. The smallest absolute Gasteiger partial charge is 0.481 e. The summed E-state index contributed by atoms with van der Waals surface area (Å²) in [5.41, 5.74) is 0. The van der Waals surface area contributed by atoms with E-state index in [0.29, 0.717) is 6.42 Å². The topological polar surface area (TPSA) is 37.3 Å². The maximum absolute atomic E-state index is 10.3. The van der Waals surface area contributed by atoms with Gasteiger partial charge in [-0.1, -0.05) is 96.8 Å². The van der Waals surface area contributed by atoms with Gasteiger partial charge in [-0.3, -0.25) is 17.3 Å². The molecule has 2 nitrogen and oxygen atoms in total. The van der Waals surface area contributed by atoms with E-state index < -0.39 is 5.97 Å². The molecule has 5 heteroatoms. The summed E-state index contributed by atoms with van der Waals surface area (Å²) in [6.07, 6.45) is 26.1. The van der Waals surface area contributed by atoms with E-state index in [9.17, 15) is 4.79 Å². The Balaban J connectivity index is -0.000000408. The van der Waals surface area contributed by atoms with Gasteiger partial charge in [-0.2, -0.15) is 0 Å². The Morgan fingerprint density at radius 3 is 1.12 bits per heavy atom. The standard InChI is InChI=1S/C18H36O2.2CH3S.Zn/c1-2-3-4-5-6-7-8-9-10-11-12-13-14-15-16-17-18(19)20;2*1-2;/h2-17H2,1H3,(H,19,20);2*2H,1H2;/q;2*-1;+2. The quantitative estimate of drug-likeness (QED) is 0.0986. The van der Waals surface area contributed by atoms with E-state index in [-0.39, 0.29) is 19.5 Å². The van der Waals surface area contributed by atoms with E-state index >= 15 is 0 Å². The minimum atomic E-state index is -0.653. The van der Waals surface area contributed by atoms with Gasteiger partial charge >= 0.3 is 25.4 Å². The summed E-state index contributed by atoms with van der Waals surface area (Å²) in [6, 6.07) is 0. The van der Waals surface area contributed by atoms with E-state index in [4.69, 9.17) is 5.11 Å². The molecule has 0 aromatic rings. The molecule has 0 aromatic carbocycles. The predicted octanol–water partition coefficient (Wildman–Crippen LogP) is 7.75. The summed E-state index contributed by atoms with van der Waals surface area (Å²) in [5.74, 6) is -0.653. The Labute approximate surface area is 182 Å². The van der Waals surface area contributed by atoms with Crippen molar-refractivity contribution in [3.8, 4) is 0 Å². The van der Waals surface area contributed by atoms with Crippen LogP contribution in [0, 0.1) is 12.5 Å². The molecule has 0 spiro atoms. The van der Waals surface area contributed by atoms with E-state index in [1.807, 2.05) is 0 Å². The molecule has 25 heavy (non-hydrogen) atoms. The van der Waals surface area contributed by atoms with Crippen molar-refractivity contribution in [1.29, 1.82) is 0 Å². The van der Waals surface area contributed by atoms with E-state index in [1.165, 1.54) is 83.5 Å². The van der Waals surface area contributed by atoms with Crippen LogP contribution in [0.15, 0.2) is 0 Å². The van der Waals surface area contributed by atoms with Crippen molar-refractivity contribution < 1.29 is 29.4 Å². The number of rotatable bonds is 16. The molecule has 1 N–H and O–H groups in total.